The zero-order valence-corrected chi connectivity index (χ0v) is 25.8. The molecular formula is C36H50O6. The van der Waals surface area contributed by atoms with Crippen LogP contribution in [-0.4, -0.2) is 19.2 Å². The molecule has 0 aliphatic rings. The van der Waals surface area contributed by atoms with Crippen molar-refractivity contribution in [1.29, 1.82) is 0 Å². The molecule has 0 bridgehead atoms. The Labute approximate surface area is 251 Å². The molecule has 1 aromatic heterocycles. The first-order valence-electron chi connectivity index (χ1n) is 16.3. The van der Waals surface area contributed by atoms with E-state index in [0.29, 0.717) is 35.5 Å². The number of esters is 1. The van der Waals surface area contributed by atoms with Crippen LogP contribution in [0.1, 0.15) is 127 Å². The second-order valence-corrected chi connectivity index (χ2v) is 11.1. The van der Waals surface area contributed by atoms with Crippen LogP contribution in [0.15, 0.2) is 57.7 Å². The molecule has 0 aliphatic heterocycles. The maximum atomic E-state index is 13.1. The van der Waals surface area contributed by atoms with E-state index in [4.69, 9.17) is 18.6 Å². The number of rotatable bonds is 22. The highest BCUT2D eigenvalue weighted by Gasteiger charge is 2.22. The molecule has 3 aromatic rings. The van der Waals surface area contributed by atoms with Crippen LogP contribution in [0.3, 0.4) is 0 Å². The summed E-state index contributed by atoms with van der Waals surface area (Å²) in [4.78, 5) is 25.9. The first-order valence-corrected chi connectivity index (χ1v) is 16.3. The van der Waals surface area contributed by atoms with Crippen molar-refractivity contribution in [1.82, 2.24) is 0 Å². The van der Waals surface area contributed by atoms with E-state index in [0.717, 1.165) is 32.1 Å². The molecule has 230 valence electrons. The lowest BCUT2D eigenvalue weighted by Gasteiger charge is -2.14. The highest BCUT2D eigenvalue weighted by molar-refractivity contribution is 5.93. The zero-order chi connectivity index (χ0) is 29.8. The average Bonchev–Trinajstić information content (AvgIpc) is 3.01. The van der Waals surface area contributed by atoms with Gasteiger partial charge in [-0.25, -0.2) is 9.59 Å². The first kappa shape index (κ1) is 33.2. The molecule has 0 radical (unpaired) electrons. The van der Waals surface area contributed by atoms with Crippen molar-refractivity contribution in [2.24, 2.45) is 0 Å². The van der Waals surface area contributed by atoms with E-state index in [1.54, 1.807) is 30.3 Å². The standard InChI is InChI=1S/C36H50O6/c1-3-5-7-9-11-13-15-20-26-39-30-24-25-31-32(28-30)41-36(38)34(42-35(37)29-22-18-17-19-23-29)33(31)40-27-21-16-14-12-10-8-6-4-2/h17-19,22-25,28H,3-16,20-21,26-27H2,1-2H3. The van der Waals surface area contributed by atoms with Crippen molar-refractivity contribution in [2.75, 3.05) is 13.2 Å². The highest BCUT2D eigenvalue weighted by Crippen LogP contribution is 2.35. The third-order valence-corrected chi connectivity index (χ3v) is 7.51. The Morgan fingerprint density at radius 3 is 1.79 bits per heavy atom. The van der Waals surface area contributed by atoms with Crippen LogP contribution in [0.25, 0.3) is 11.0 Å². The zero-order valence-electron chi connectivity index (χ0n) is 25.8. The molecule has 3 rings (SSSR count). The molecule has 1 heterocycles. The molecule has 0 amide bonds. The van der Waals surface area contributed by atoms with Crippen LogP contribution in [-0.2, 0) is 0 Å². The number of unbranched alkanes of at least 4 members (excludes halogenated alkanes) is 14. The van der Waals surface area contributed by atoms with Crippen molar-refractivity contribution in [3.63, 3.8) is 0 Å². The molecule has 0 atom stereocenters. The average molecular weight is 579 g/mol. The van der Waals surface area contributed by atoms with Crippen molar-refractivity contribution in [3.05, 3.63) is 64.5 Å². The Morgan fingerprint density at radius 2 is 1.19 bits per heavy atom. The Bertz CT molecular complexity index is 1230. The molecule has 2 aromatic carbocycles. The van der Waals surface area contributed by atoms with Gasteiger partial charge >= 0.3 is 11.6 Å². The predicted octanol–water partition coefficient (Wildman–Crippen LogP) is 10.1. The number of carbonyl (C=O) groups is 1. The van der Waals surface area contributed by atoms with E-state index in [-0.39, 0.29) is 11.5 Å². The van der Waals surface area contributed by atoms with E-state index in [2.05, 4.69) is 13.8 Å². The monoisotopic (exact) mass is 578 g/mol. The number of carbonyl (C=O) groups excluding carboxylic acids is 1. The van der Waals surface area contributed by atoms with E-state index in [1.807, 2.05) is 18.2 Å². The summed E-state index contributed by atoms with van der Waals surface area (Å²) in [7, 11) is 0. The molecule has 42 heavy (non-hydrogen) atoms. The van der Waals surface area contributed by atoms with Gasteiger partial charge in [0.1, 0.15) is 11.3 Å². The highest BCUT2D eigenvalue weighted by atomic mass is 16.6. The second kappa shape index (κ2) is 19.8. The van der Waals surface area contributed by atoms with E-state index >= 15 is 0 Å². The third kappa shape index (κ3) is 11.5. The maximum Gasteiger partial charge on any atom is 0.383 e. The van der Waals surface area contributed by atoms with Gasteiger partial charge in [0.05, 0.1) is 24.2 Å². The smallest absolute Gasteiger partial charge is 0.383 e. The minimum Gasteiger partial charge on any atom is -0.493 e. The van der Waals surface area contributed by atoms with Gasteiger partial charge in [-0.05, 0) is 37.1 Å². The minimum atomic E-state index is -0.752. The molecule has 0 spiro atoms. The quantitative estimate of drug-likeness (QED) is 0.0671. The topological polar surface area (TPSA) is 75.0 Å². The summed E-state index contributed by atoms with van der Waals surface area (Å²) < 4.78 is 23.3. The van der Waals surface area contributed by atoms with Gasteiger partial charge in [-0.15, -0.1) is 0 Å². The number of hydrogen-bond donors (Lipinski definition) is 0. The predicted molar refractivity (Wildman–Crippen MR) is 170 cm³/mol. The van der Waals surface area contributed by atoms with E-state index in [9.17, 15) is 9.59 Å². The minimum absolute atomic E-state index is 0.219. The number of hydrogen-bond acceptors (Lipinski definition) is 6. The molecular weight excluding hydrogens is 528 g/mol. The van der Waals surface area contributed by atoms with E-state index < -0.39 is 11.6 Å². The van der Waals surface area contributed by atoms with Gasteiger partial charge < -0.3 is 18.6 Å². The maximum absolute atomic E-state index is 13.1. The molecule has 0 fully saturated rings. The molecule has 6 nitrogen and oxygen atoms in total. The van der Waals surface area contributed by atoms with Crippen LogP contribution in [0, 0.1) is 0 Å². The number of benzene rings is 2. The SMILES string of the molecule is CCCCCCCCCCOc1ccc2c(OCCCCCCCCCC)c(OC(=O)c3ccccc3)c(=O)oc2c1. The van der Waals surface area contributed by atoms with Gasteiger partial charge in [-0.1, -0.05) is 122 Å². The van der Waals surface area contributed by atoms with Crippen molar-refractivity contribution in [3.8, 4) is 17.2 Å². The van der Waals surface area contributed by atoms with Crippen molar-refractivity contribution >= 4 is 16.9 Å². The lowest BCUT2D eigenvalue weighted by Crippen LogP contribution is -2.16. The van der Waals surface area contributed by atoms with Gasteiger partial charge in [0.15, 0.2) is 5.75 Å². The Kier molecular flexibility index (Phi) is 15.6. The van der Waals surface area contributed by atoms with Crippen LogP contribution < -0.4 is 19.8 Å². The lowest BCUT2D eigenvalue weighted by atomic mass is 10.1. The van der Waals surface area contributed by atoms with Gasteiger partial charge in [-0.2, -0.15) is 0 Å². The second-order valence-electron chi connectivity index (χ2n) is 11.1. The van der Waals surface area contributed by atoms with Crippen LogP contribution in [0.4, 0.5) is 0 Å². The largest absolute Gasteiger partial charge is 0.493 e. The summed E-state index contributed by atoms with van der Waals surface area (Å²) >= 11 is 0. The molecule has 0 aliphatic carbocycles. The fourth-order valence-corrected chi connectivity index (χ4v) is 5.02. The molecule has 0 N–H and O–H groups in total. The van der Waals surface area contributed by atoms with Crippen LogP contribution in [0.5, 0.6) is 17.2 Å². The van der Waals surface area contributed by atoms with E-state index in [1.165, 1.54) is 70.6 Å². The number of fused-ring (bicyclic) bond motifs is 1. The van der Waals surface area contributed by atoms with Crippen molar-refractivity contribution in [2.45, 2.75) is 117 Å². The summed E-state index contributed by atoms with van der Waals surface area (Å²) in [5, 5.41) is 0.574. The Balaban J connectivity index is 1.64. The summed E-state index contributed by atoms with van der Waals surface area (Å²) in [6.07, 6.45) is 19.2. The lowest BCUT2D eigenvalue weighted by molar-refractivity contribution is 0.0721. The molecule has 0 unspecified atom stereocenters. The fourth-order valence-electron chi connectivity index (χ4n) is 5.02. The summed E-state index contributed by atoms with van der Waals surface area (Å²) in [5.74, 6) is 0.0211. The summed E-state index contributed by atoms with van der Waals surface area (Å²) in [6, 6.07) is 14.0. The van der Waals surface area contributed by atoms with Gasteiger partial charge in [0, 0.05) is 6.07 Å². The molecule has 0 saturated carbocycles. The summed E-state index contributed by atoms with van der Waals surface area (Å²) in [6.45, 7) is 5.49. The summed E-state index contributed by atoms with van der Waals surface area (Å²) in [5.41, 5.74) is -0.0625. The van der Waals surface area contributed by atoms with Crippen molar-refractivity contribution < 1.29 is 23.4 Å². The first-order chi connectivity index (χ1) is 20.6. The van der Waals surface area contributed by atoms with Gasteiger partial charge in [-0.3, -0.25) is 0 Å². The molecule has 0 saturated heterocycles. The fraction of sp³-hybridized carbons (Fsp3) is 0.556. The Hall–Kier alpha value is -3.28. The van der Waals surface area contributed by atoms with Crippen LogP contribution in [0.2, 0.25) is 0 Å². The third-order valence-electron chi connectivity index (χ3n) is 7.51. The Morgan fingerprint density at radius 1 is 0.643 bits per heavy atom. The van der Waals surface area contributed by atoms with Gasteiger partial charge in [0.25, 0.3) is 5.75 Å². The van der Waals surface area contributed by atoms with Crippen LogP contribution >= 0.6 is 0 Å². The number of ether oxygens (including phenoxy) is 3. The van der Waals surface area contributed by atoms with Gasteiger partial charge in [0.2, 0.25) is 0 Å². The normalized spacial score (nSPS) is 11.1. The molecule has 6 heteroatoms.